The van der Waals surface area contributed by atoms with E-state index in [9.17, 15) is 4.79 Å². The molecule has 8 nitrogen and oxygen atoms in total. The Morgan fingerprint density at radius 2 is 2.00 bits per heavy atom. The molecule has 1 N–H and O–H groups in total. The van der Waals surface area contributed by atoms with Gasteiger partial charge in [0.05, 0.1) is 17.5 Å². The van der Waals surface area contributed by atoms with Gasteiger partial charge in [-0.1, -0.05) is 28.9 Å². The number of nitrogens with one attached hydrogen (secondary N) is 1. The van der Waals surface area contributed by atoms with Gasteiger partial charge in [-0.05, 0) is 43.7 Å². The molecule has 166 valence electrons. The molecule has 3 aromatic rings. The molecule has 1 atom stereocenters. The molecule has 5 rings (SSSR count). The summed E-state index contributed by atoms with van der Waals surface area (Å²) < 4.78 is 16.6. The third-order valence-electron chi connectivity index (χ3n) is 5.63. The summed E-state index contributed by atoms with van der Waals surface area (Å²) in [5.74, 6) is 2.21. The molecule has 1 amide bonds. The number of halogens is 1. The van der Waals surface area contributed by atoms with Gasteiger partial charge in [0, 0.05) is 23.9 Å². The molecule has 9 heteroatoms. The fourth-order valence-electron chi connectivity index (χ4n) is 4.04. The van der Waals surface area contributed by atoms with E-state index in [1.54, 1.807) is 6.07 Å². The van der Waals surface area contributed by atoms with Crippen LogP contribution in [0.4, 0.5) is 5.69 Å². The van der Waals surface area contributed by atoms with Gasteiger partial charge in [0.25, 0.3) is 0 Å². The van der Waals surface area contributed by atoms with Crippen molar-refractivity contribution in [2.75, 3.05) is 31.6 Å². The van der Waals surface area contributed by atoms with Crippen molar-refractivity contribution in [1.29, 1.82) is 0 Å². The summed E-state index contributed by atoms with van der Waals surface area (Å²) in [6, 6.07) is 12.9. The summed E-state index contributed by atoms with van der Waals surface area (Å²) in [5.41, 5.74) is 1.44. The summed E-state index contributed by atoms with van der Waals surface area (Å²) in [6.07, 6.45) is 1.76. The molecule has 2 aliphatic heterocycles. The molecule has 0 radical (unpaired) electrons. The van der Waals surface area contributed by atoms with Gasteiger partial charge in [-0.25, -0.2) is 0 Å². The van der Waals surface area contributed by atoms with Crippen LogP contribution >= 0.6 is 11.6 Å². The van der Waals surface area contributed by atoms with E-state index in [1.807, 2.05) is 36.4 Å². The van der Waals surface area contributed by atoms with Crippen molar-refractivity contribution in [2.24, 2.45) is 5.92 Å². The topological polar surface area (TPSA) is 89.7 Å². The van der Waals surface area contributed by atoms with Crippen molar-refractivity contribution < 1.29 is 18.8 Å². The average Bonchev–Trinajstić information content (AvgIpc) is 3.27. The smallest absolute Gasteiger partial charge is 0.241 e. The molecule has 0 aliphatic carbocycles. The number of hydrogen-bond donors (Lipinski definition) is 1. The van der Waals surface area contributed by atoms with Gasteiger partial charge in [-0.3, -0.25) is 9.69 Å². The standard InChI is InChI=1S/C23H23ClN4O4/c24-18-6-2-1-5-17(18)22-26-21(32-27-22)14-28-9-3-4-15(13-28)23(29)25-16-7-8-19-20(12-16)31-11-10-30-19/h1-2,5-8,12,15H,3-4,9-11,13-14H2,(H,25,29). The molecule has 2 aromatic carbocycles. The van der Waals surface area contributed by atoms with Crippen LogP contribution in [0.3, 0.4) is 0 Å². The minimum atomic E-state index is -0.122. The van der Waals surface area contributed by atoms with Gasteiger partial charge in [0.15, 0.2) is 11.5 Å². The second-order valence-corrected chi connectivity index (χ2v) is 8.32. The fourth-order valence-corrected chi connectivity index (χ4v) is 4.26. The Balaban J connectivity index is 1.20. The summed E-state index contributed by atoms with van der Waals surface area (Å²) in [5, 5.41) is 7.65. The van der Waals surface area contributed by atoms with Gasteiger partial charge in [-0.2, -0.15) is 4.98 Å². The molecule has 0 bridgehead atoms. The van der Waals surface area contributed by atoms with Crippen LogP contribution in [0.25, 0.3) is 11.4 Å². The number of aromatic nitrogens is 2. The van der Waals surface area contributed by atoms with E-state index < -0.39 is 0 Å². The van der Waals surface area contributed by atoms with Crippen LogP contribution in [0.15, 0.2) is 47.0 Å². The maximum absolute atomic E-state index is 12.9. The molecule has 0 spiro atoms. The van der Waals surface area contributed by atoms with Crippen molar-refractivity contribution in [2.45, 2.75) is 19.4 Å². The zero-order valence-corrected chi connectivity index (χ0v) is 18.2. The van der Waals surface area contributed by atoms with E-state index in [-0.39, 0.29) is 11.8 Å². The minimum Gasteiger partial charge on any atom is -0.486 e. The zero-order chi connectivity index (χ0) is 21.9. The second kappa shape index (κ2) is 9.18. The molecule has 1 aromatic heterocycles. The Hall–Kier alpha value is -3.10. The Bertz CT molecular complexity index is 1120. The lowest BCUT2D eigenvalue weighted by molar-refractivity contribution is -0.121. The number of fused-ring (bicyclic) bond motifs is 1. The van der Waals surface area contributed by atoms with Crippen molar-refractivity contribution in [3.63, 3.8) is 0 Å². The molecule has 1 unspecified atom stereocenters. The zero-order valence-electron chi connectivity index (χ0n) is 17.4. The van der Waals surface area contributed by atoms with Gasteiger partial charge in [-0.15, -0.1) is 0 Å². The average molecular weight is 455 g/mol. The van der Waals surface area contributed by atoms with E-state index in [0.717, 1.165) is 24.9 Å². The third kappa shape index (κ3) is 4.56. The number of benzene rings is 2. The number of likely N-dealkylation sites (tertiary alicyclic amines) is 1. The Morgan fingerprint density at radius 1 is 1.16 bits per heavy atom. The molecule has 32 heavy (non-hydrogen) atoms. The molecular weight excluding hydrogens is 432 g/mol. The van der Waals surface area contributed by atoms with Crippen LogP contribution in [-0.4, -0.2) is 47.3 Å². The van der Waals surface area contributed by atoms with Crippen molar-refractivity contribution >= 4 is 23.2 Å². The van der Waals surface area contributed by atoms with Crippen LogP contribution in [0, 0.1) is 5.92 Å². The summed E-state index contributed by atoms with van der Waals surface area (Å²) in [6.45, 7) is 3.04. The SMILES string of the molecule is O=C(Nc1ccc2c(c1)OCCO2)C1CCCN(Cc2nc(-c3ccccc3Cl)no2)C1. The first-order chi connectivity index (χ1) is 15.7. The van der Waals surface area contributed by atoms with Gasteiger partial charge >= 0.3 is 0 Å². The number of hydrogen-bond acceptors (Lipinski definition) is 7. The minimum absolute atomic E-state index is 0.00587. The van der Waals surface area contributed by atoms with Crippen LogP contribution in [-0.2, 0) is 11.3 Å². The highest BCUT2D eigenvalue weighted by atomic mass is 35.5. The maximum Gasteiger partial charge on any atom is 0.241 e. The van der Waals surface area contributed by atoms with Crippen molar-refractivity contribution in [3.8, 4) is 22.9 Å². The Labute approximate surface area is 190 Å². The highest BCUT2D eigenvalue weighted by molar-refractivity contribution is 6.33. The highest BCUT2D eigenvalue weighted by Crippen LogP contribution is 2.33. The Kier molecular flexibility index (Phi) is 5.96. The highest BCUT2D eigenvalue weighted by Gasteiger charge is 2.27. The lowest BCUT2D eigenvalue weighted by Gasteiger charge is -2.31. The first kappa shape index (κ1) is 20.8. The normalized spacial score (nSPS) is 18.3. The van der Waals surface area contributed by atoms with Crippen LogP contribution < -0.4 is 14.8 Å². The predicted octanol–water partition coefficient (Wildman–Crippen LogP) is 4.01. The lowest BCUT2D eigenvalue weighted by atomic mass is 9.97. The van der Waals surface area contributed by atoms with Gasteiger partial charge in [0.1, 0.15) is 13.2 Å². The number of anilines is 1. The predicted molar refractivity (Wildman–Crippen MR) is 119 cm³/mol. The number of carbonyl (C=O) groups is 1. The first-order valence-corrected chi connectivity index (χ1v) is 11.0. The van der Waals surface area contributed by atoms with Gasteiger partial charge in [0.2, 0.25) is 17.6 Å². The van der Waals surface area contributed by atoms with Crippen LogP contribution in [0.1, 0.15) is 18.7 Å². The number of amides is 1. The van der Waals surface area contributed by atoms with Crippen molar-refractivity contribution in [1.82, 2.24) is 15.0 Å². The number of nitrogens with zero attached hydrogens (tertiary/aromatic N) is 3. The first-order valence-electron chi connectivity index (χ1n) is 10.7. The molecule has 1 saturated heterocycles. The molecule has 2 aliphatic rings. The number of rotatable bonds is 5. The summed E-state index contributed by atoms with van der Waals surface area (Å²) in [7, 11) is 0. The van der Waals surface area contributed by atoms with Crippen LogP contribution in [0.5, 0.6) is 11.5 Å². The van der Waals surface area contributed by atoms with E-state index in [0.29, 0.717) is 60.2 Å². The monoisotopic (exact) mass is 454 g/mol. The fraction of sp³-hybridized carbons (Fsp3) is 0.348. The second-order valence-electron chi connectivity index (χ2n) is 7.91. The van der Waals surface area contributed by atoms with E-state index in [1.165, 1.54) is 0 Å². The van der Waals surface area contributed by atoms with E-state index >= 15 is 0 Å². The number of piperidine rings is 1. The molecule has 3 heterocycles. The van der Waals surface area contributed by atoms with Crippen molar-refractivity contribution in [3.05, 3.63) is 53.4 Å². The van der Waals surface area contributed by atoms with Crippen LogP contribution in [0.2, 0.25) is 5.02 Å². The molecular formula is C23H23ClN4O4. The van der Waals surface area contributed by atoms with Gasteiger partial charge < -0.3 is 19.3 Å². The number of ether oxygens (including phenoxy) is 2. The molecule has 0 saturated carbocycles. The quantitative estimate of drug-likeness (QED) is 0.622. The Morgan fingerprint density at radius 3 is 2.88 bits per heavy atom. The summed E-state index contributed by atoms with van der Waals surface area (Å²) in [4.78, 5) is 19.5. The summed E-state index contributed by atoms with van der Waals surface area (Å²) >= 11 is 6.23. The molecule has 1 fully saturated rings. The maximum atomic E-state index is 12.9. The third-order valence-corrected chi connectivity index (χ3v) is 5.96. The van der Waals surface area contributed by atoms with E-state index in [2.05, 4.69) is 20.4 Å². The number of carbonyl (C=O) groups excluding carboxylic acids is 1. The largest absolute Gasteiger partial charge is 0.486 e. The lowest BCUT2D eigenvalue weighted by Crippen LogP contribution is -2.40. The van der Waals surface area contributed by atoms with E-state index in [4.69, 9.17) is 25.6 Å².